The number of fused-ring (bicyclic) bond motifs is 15. The zero-order valence-corrected chi connectivity index (χ0v) is 48.8. The lowest BCUT2D eigenvalue weighted by atomic mass is 9.81. The van der Waals surface area contributed by atoms with E-state index in [0.717, 1.165) is 48.3 Å². The van der Waals surface area contributed by atoms with Crippen molar-refractivity contribution in [2.75, 3.05) is 48.4 Å². The van der Waals surface area contributed by atoms with Gasteiger partial charge >= 0.3 is 17.7 Å². The number of nitrogens with one attached hydrogen (secondary N) is 2. The number of hydrogen-bond donors (Lipinski definition) is 9. The average Bonchev–Trinajstić information content (AvgIpc) is 1.44. The lowest BCUT2D eigenvalue weighted by Crippen LogP contribution is -2.53. The van der Waals surface area contributed by atoms with E-state index in [-0.39, 0.29) is 73.6 Å². The number of aryl methyl sites for hydroxylation is 1. The van der Waals surface area contributed by atoms with Gasteiger partial charge in [0, 0.05) is 93.0 Å². The van der Waals surface area contributed by atoms with Crippen LogP contribution >= 0.6 is 0 Å². The van der Waals surface area contributed by atoms with Gasteiger partial charge in [0.1, 0.15) is 40.3 Å². The van der Waals surface area contributed by atoms with Crippen molar-refractivity contribution in [1.29, 1.82) is 0 Å². The molecule has 2 aromatic heterocycles. The number of carboxylic acid groups (broad SMARTS) is 1. The lowest BCUT2D eigenvalue weighted by Gasteiger charge is -2.38. The molecule has 2 saturated heterocycles. The largest absolute Gasteiger partial charge is 0.507 e. The number of amides is 1. The van der Waals surface area contributed by atoms with Crippen molar-refractivity contribution in [3.63, 3.8) is 0 Å². The highest BCUT2D eigenvalue weighted by molar-refractivity contribution is 6.23. The Labute approximate surface area is 485 Å². The molecule has 452 valence electrons. The molecule has 1 amide bonds. The SMILES string of the molecule is CO[C@H]1/C=C/O[C@@]2(C)Oc3c(C)c(O)c4c(O)c(c(N5CCC(NC6([C@@H]7CCN(c8c(F)cn9c(=O)c(C(=O)O)cc(C%10CC%10)c9c8C)C7)CC6)CC5)c(O)c4c3C2=O)NC(=O)/C(C)=C\C=C\[C@H](C)[C@H](O)[C@@H](N)[C@@H](O)[C@@H](C)[C@H](OC(C)=O)[C@@H]1C. The maximum absolute atomic E-state index is 16.3. The molecule has 11 rings (SSSR count). The van der Waals surface area contributed by atoms with E-state index in [1.165, 1.54) is 65.4 Å². The molecule has 2 aromatic carbocycles. The van der Waals surface area contributed by atoms with Crippen molar-refractivity contribution in [3.05, 3.63) is 92.4 Å². The van der Waals surface area contributed by atoms with Gasteiger partial charge in [0.05, 0.1) is 59.0 Å². The first-order chi connectivity index (χ1) is 39.7. The molecule has 21 nitrogen and oxygen atoms in total. The number of phenols is 3. The zero-order valence-electron chi connectivity index (χ0n) is 48.8. The van der Waals surface area contributed by atoms with Crippen molar-refractivity contribution in [3.8, 4) is 23.0 Å². The van der Waals surface area contributed by atoms with Gasteiger partial charge in [-0.2, -0.15) is 0 Å². The number of ether oxygens (including phenoxy) is 4. The Morgan fingerprint density at radius 3 is 2.19 bits per heavy atom. The second-order valence-electron chi connectivity index (χ2n) is 24.3. The number of aliphatic hydroxyl groups excluding tert-OH is 2. The first-order valence-electron chi connectivity index (χ1n) is 29.0. The number of pyridine rings is 2. The number of ketones is 1. The minimum atomic E-state index is -2.11. The number of esters is 1. The Bertz CT molecular complexity index is 3510. The third-order valence-corrected chi connectivity index (χ3v) is 18.7. The van der Waals surface area contributed by atoms with E-state index in [1.54, 1.807) is 33.8 Å². The summed E-state index contributed by atoms with van der Waals surface area (Å²) in [5, 5.41) is 76.1. The molecule has 84 heavy (non-hydrogen) atoms. The topological polar surface area (TPSA) is 305 Å². The Kier molecular flexibility index (Phi) is 16.1. The number of aromatic carboxylic acids is 1. The highest BCUT2D eigenvalue weighted by Crippen LogP contribution is 2.58. The van der Waals surface area contributed by atoms with Crippen LogP contribution in [0.5, 0.6) is 23.0 Å². The average molecular weight is 1170 g/mol. The third kappa shape index (κ3) is 10.5. The van der Waals surface area contributed by atoms with Crippen LogP contribution in [0.25, 0.3) is 16.3 Å². The number of rotatable bonds is 9. The number of methoxy groups -OCH3 is 1. The number of anilines is 3. The lowest BCUT2D eigenvalue weighted by molar-refractivity contribution is -0.159. The van der Waals surface area contributed by atoms with Crippen LogP contribution in [0.3, 0.4) is 0 Å². The third-order valence-electron chi connectivity index (χ3n) is 18.7. The molecule has 0 radical (unpaired) electrons. The number of phenolic OH excluding ortho intramolecular Hbond substituents is 3. The number of carboxylic acids is 1. The number of benzene rings is 2. The van der Waals surface area contributed by atoms with Crippen LogP contribution in [-0.4, -0.2) is 140 Å². The van der Waals surface area contributed by atoms with Crippen molar-refractivity contribution in [1.82, 2.24) is 9.72 Å². The second kappa shape index (κ2) is 22.6. The Morgan fingerprint density at radius 2 is 1.56 bits per heavy atom. The van der Waals surface area contributed by atoms with E-state index in [1.807, 2.05) is 9.80 Å². The van der Waals surface area contributed by atoms with E-state index in [0.29, 0.717) is 55.8 Å². The maximum Gasteiger partial charge on any atom is 0.341 e. The fourth-order valence-electron chi connectivity index (χ4n) is 13.5. The van der Waals surface area contributed by atoms with E-state index >= 15 is 4.39 Å². The molecule has 0 unspecified atom stereocenters. The van der Waals surface area contributed by atoms with Crippen LogP contribution < -0.4 is 36.5 Å². The first kappa shape index (κ1) is 59.9. The van der Waals surface area contributed by atoms with Gasteiger partial charge in [0.2, 0.25) is 0 Å². The minimum Gasteiger partial charge on any atom is -0.507 e. The van der Waals surface area contributed by atoms with Crippen molar-refractivity contribution >= 4 is 57.0 Å². The van der Waals surface area contributed by atoms with Crippen molar-refractivity contribution in [2.24, 2.45) is 29.4 Å². The number of aromatic nitrogens is 1. The molecular weight excluding hydrogens is 1090 g/mol. The van der Waals surface area contributed by atoms with Crippen LogP contribution in [0.2, 0.25) is 0 Å². The number of piperidine rings is 1. The molecule has 2 saturated carbocycles. The number of nitrogens with zero attached hydrogens (tertiary/aromatic N) is 3. The molecule has 4 fully saturated rings. The molecule has 5 aliphatic heterocycles. The summed E-state index contributed by atoms with van der Waals surface area (Å²) in [5.74, 6) is -9.96. The predicted molar refractivity (Wildman–Crippen MR) is 311 cm³/mol. The molecule has 10 atom stereocenters. The standard InChI is InChI=1S/C62H77FN6O15/c1-28-11-10-12-29(2)58(77)65-46-49(67-22-16-37(17-23-67)66-62(19-20-62)36-15-21-68(26-36)48-31(4)47-38(35-13-14-35)25-39(60(79)80)59(78)69(47)27-40(48)63)54(75)42-43(53(46)74)51(72)32(5)56-44(42)57(76)61(8,84-56)82-24-18-41(81-9)30(3)55(83-34(7)70)33(6)52(73)45(64)50(28)71/h10-12,18,24-25,27-28,30,33,35-37,41,45,50,52,55,66,71-75H,13-17,19-23,26,64H2,1-9H3,(H,65,77)(H,79,80)/b11-10+,24-18+,29-12-/t28-,30+,33+,36+,41-,45+,50-,52-,55+,61-/m0/s1. The number of nitrogens with two attached hydrogens (primary N) is 1. The van der Waals surface area contributed by atoms with Crippen molar-refractivity contribution < 1.29 is 73.2 Å². The maximum atomic E-state index is 16.3. The summed E-state index contributed by atoms with van der Waals surface area (Å²) in [6.07, 6.45) is 9.13. The van der Waals surface area contributed by atoms with Gasteiger partial charge in [-0.25, -0.2) is 9.18 Å². The fourth-order valence-corrected chi connectivity index (χ4v) is 13.5. The van der Waals surface area contributed by atoms with E-state index in [2.05, 4.69) is 10.6 Å². The molecule has 5 bridgehead atoms. The molecule has 0 spiro atoms. The van der Waals surface area contributed by atoms with E-state index in [9.17, 15) is 54.6 Å². The van der Waals surface area contributed by atoms with Crippen LogP contribution in [0.1, 0.15) is 130 Å². The minimum absolute atomic E-state index is 0.0123. The van der Waals surface area contributed by atoms with E-state index in [4.69, 9.17) is 24.7 Å². The number of aromatic hydroxyl groups is 3. The van der Waals surface area contributed by atoms with Gasteiger partial charge in [-0.1, -0.05) is 39.0 Å². The number of hydrogen-bond acceptors (Lipinski definition) is 18. The molecule has 22 heteroatoms. The van der Waals surface area contributed by atoms with Gasteiger partial charge in [-0.3, -0.25) is 23.6 Å². The second-order valence-corrected chi connectivity index (χ2v) is 24.3. The summed E-state index contributed by atoms with van der Waals surface area (Å²) in [5.41, 5.74) is 7.12. The van der Waals surface area contributed by atoms with Crippen LogP contribution in [0.15, 0.2) is 53.2 Å². The summed E-state index contributed by atoms with van der Waals surface area (Å²) in [4.78, 5) is 70.9. The number of halogens is 1. The summed E-state index contributed by atoms with van der Waals surface area (Å²) < 4.78 is 41.4. The van der Waals surface area contributed by atoms with Crippen molar-refractivity contribution in [2.45, 2.75) is 154 Å². The van der Waals surface area contributed by atoms with E-state index < -0.39 is 106 Å². The number of carbonyl (C=O) groups is 4. The summed E-state index contributed by atoms with van der Waals surface area (Å²) >= 11 is 0. The molecule has 7 heterocycles. The quantitative estimate of drug-likeness (QED) is 0.0478. The van der Waals surface area contributed by atoms with Gasteiger partial charge in [0.25, 0.3) is 17.2 Å². The summed E-state index contributed by atoms with van der Waals surface area (Å²) in [6, 6.07) is 0.200. The first-order valence-corrected chi connectivity index (χ1v) is 29.0. The Balaban J connectivity index is 0.958. The number of allylic oxidation sites excluding steroid dienone is 2. The van der Waals surface area contributed by atoms with Crippen LogP contribution in [0, 0.1) is 43.3 Å². The zero-order chi connectivity index (χ0) is 60.8. The summed E-state index contributed by atoms with van der Waals surface area (Å²) in [7, 11) is 1.41. The predicted octanol–water partition coefficient (Wildman–Crippen LogP) is 6.70. The van der Waals surface area contributed by atoms with Gasteiger partial charge in [-0.05, 0) is 101 Å². The normalized spacial score (nSPS) is 30.0. The van der Waals surface area contributed by atoms with Crippen LogP contribution in [-0.2, 0) is 23.8 Å². The Morgan fingerprint density at radius 1 is 0.881 bits per heavy atom. The fraction of sp³-hybridized carbons (Fsp3) is 0.532. The molecule has 2 aliphatic carbocycles. The van der Waals surface area contributed by atoms with Gasteiger partial charge in [-0.15, -0.1) is 0 Å². The molecular formula is C62H77FN6O15. The highest BCUT2D eigenvalue weighted by atomic mass is 19.1. The van der Waals surface area contributed by atoms with Crippen LogP contribution in [0.4, 0.5) is 21.5 Å². The number of Topliss-reactive ketones (excluding diaryl/α,β-unsaturated/α-hetero) is 1. The monoisotopic (exact) mass is 1160 g/mol. The number of carbonyl (C=O) groups excluding carboxylic acids is 3. The molecule has 4 aromatic rings. The van der Waals surface area contributed by atoms with Gasteiger partial charge < -0.3 is 75.8 Å². The summed E-state index contributed by atoms with van der Waals surface area (Å²) in [6.45, 7) is 14.1. The Hall–Kier alpha value is -7.24. The highest BCUT2D eigenvalue weighted by Gasteiger charge is 2.54. The smallest absolute Gasteiger partial charge is 0.341 e. The molecule has 10 N–H and O–H groups in total. The van der Waals surface area contributed by atoms with Gasteiger partial charge in [0.15, 0.2) is 11.6 Å². The molecule has 7 aliphatic rings. The number of aliphatic hydroxyl groups is 2.